The SMILES string of the molecule is COc1cccc(CNC(C)(C)C)c1OC(F)F. The molecule has 0 radical (unpaired) electrons. The Morgan fingerprint density at radius 3 is 2.44 bits per heavy atom. The Morgan fingerprint density at radius 1 is 1.28 bits per heavy atom. The number of rotatable bonds is 5. The number of benzene rings is 1. The molecule has 0 amide bonds. The average Bonchev–Trinajstić information content (AvgIpc) is 2.25. The fourth-order valence-corrected chi connectivity index (χ4v) is 1.44. The number of para-hydroxylation sites is 1. The first-order valence-electron chi connectivity index (χ1n) is 5.69. The van der Waals surface area contributed by atoms with Crippen molar-refractivity contribution >= 4 is 0 Å². The monoisotopic (exact) mass is 259 g/mol. The van der Waals surface area contributed by atoms with Crippen molar-refractivity contribution in [3.63, 3.8) is 0 Å². The standard InChI is InChI=1S/C13H19F2NO2/c1-13(2,3)16-8-9-6-5-7-10(17-4)11(9)18-12(14)15/h5-7,12,16H,8H2,1-4H3. The Kier molecular flexibility index (Phi) is 4.90. The number of ether oxygens (including phenoxy) is 2. The zero-order chi connectivity index (χ0) is 13.8. The normalized spacial score (nSPS) is 11.7. The van der Waals surface area contributed by atoms with E-state index in [9.17, 15) is 8.78 Å². The molecule has 0 saturated heterocycles. The number of hydrogen-bond donors (Lipinski definition) is 1. The van der Waals surface area contributed by atoms with Gasteiger partial charge in [-0.3, -0.25) is 0 Å². The Morgan fingerprint density at radius 2 is 1.94 bits per heavy atom. The van der Waals surface area contributed by atoms with Gasteiger partial charge in [-0.15, -0.1) is 0 Å². The maximum absolute atomic E-state index is 12.4. The maximum Gasteiger partial charge on any atom is 0.387 e. The third kappa shape index (κ3) is 4.49. The van der Waals surface area contributed by atoms with Crippen LogP contribution in [0.3, 0.4) is 0 Å². The smallest absolute Gasteiger partial charge is 0.387 e. The van der Waals surface area contributed by atoms with Gasteiger partial charge in [0.15, 0.2) is 11.5 Å². The zero-order valence-electron chi connectivity index (χ0n) is 11.1. The van der Waals surface area contributed by atoms with Crippen LogP contribution in [0.5, 0.6) is 11.5 Å². The predicted octanol–water partition coefficient (Wildman–Crippen LogP) is 3.18. The molecule has 0 unspecified atom stereocenters. The van der Waals surface area contributed by atoms with Crippen LogP contribution in [0.2, 0.25) is 0 Å². The van der Waals surface area contributed by atoms with Crippen molar-refractivity contribution in [1.29, 1.82) is 0 Å². The van der Waals surface area contributed by atoms with Crippen LogP contribution < -0.4 is 14.8 Å². The highest BCUT2D eigenvalue weighted by Crippen LogP contribution is 2.32. The van der Waals surface area contributed by atoms with Crippen LogP contribution in [-0.2, 0) is 6.54 Å². The molecular formula is C13H19F2NO2. The summed E-state index contributed by atoms with van der Waals surface area (Å²) in [5.74, 6) is 0.398. The van der Waals surface area contributed by atoms with Gasteiger partial charge in [0.25, 0.3) is 0 Å². The van der Waals surface area contributed by atoms with Gasteiger partial charge in [0.2, 0.25) is 0 Å². The summed E-state index contributed by atoms with van der Waals surface area (Å²) in [6, 6.07) is 5.08. The first-order valence-corrected chi connectivity index (χ1v) is 5.69. The second-order valence-electron chi connectivity index (χ2n) is 4.93. The molecular weight excluding hydrogens is 240 g/mol. The van der Waals surface area contributed by atoms with Crippen molar-refractivity contribution < 1.29 is 18.3 Å². The van der Waals surface area contributed by atoms with E-state index in [1.807, 2.05) is 20.8 Å². The molecule has 0 atom stereocenters. The first-order chi connectivity index (χ1) is 8.33. The van der Waals surface area contributed by atoms with E-state index in [1.54, 1.807) is 18.2 Å². The largest absolute Gasteiger partial charge is 0.493 e. The second kappa shape index (κ2) is 6.00. The number of hydrogen-bond acceptors (Lipinski definition) is 3. The topological polar surface area (TPSA) is 30.5 Å². The lowest BCUT2D eigenvalue weighted by Crippen LogP contribution is -2.35. The molecule has 1 N–H and O–H groups in total. The number of nitrogens with one attached hydrogen (secondary N) is 1. The van der Waals surface area contributed by atoms with Crippen LogP contribution in [0.4, 0.5) is 8.78 Å². The van der Waals surface area contributed by atoms with Crippen LogP contribution in [-0.4, -0.2) is 19.3 Å². The number of alkyl halides is 2. The van der Waals surface area contributed by atoms with Gasteiger partial charge in [0.1, 0.15) is 0 Å². The summed E-state index contributed by atoms with van der Waals surface area (Å²) < 4.78 is 34.4. The van der Waals surface area contributed by atoms with Gasteiger partial charge in [-0.1, -0.05) is 12.1 Å². The predicted molar refractivity (Wildman–Crippen MR) is 66.2 cm³/mol. The fourth-order valence-electron chi connectivity index (χ4n) is 1.44. The van der Waals surface area contributed by atoms with Crippen molar-refractivity contribution in [2.24, 2.45) is 0 Å². The highest BCUT2D eigenvalue weighted by molar-refractivity contribution is 5.46. The van der Waals surface area contributed by atoms with E-state index in [0.717, 1.165) is 0 Å². The van der Waals surface area contributed by atoms with E-state index in [4.69, 9.17) is 4.74 Å². The minimum absolute atomic E-state index is 0.0896. The molecule has 0 heterocycles. The molecule has 3 nitrogen and oxygen atoms in total. The molecule has 5 heteroatoms. The van der Waals surface area contributed by atoms with Crippen molar-refractivity contribution in [3.05, 3.63) is 23.8 Å². The third-order valence-electron chi connectivity index (χ3n) is 2.30. The first kappa shape index (κ1) is 14.7. The summed E-state index contributed by atoms with van der Waals surface area (Å²) in [6.45, 7) is 3.57. The quantitative estimate of drug-likeness (QED) is 0.881. The molecule has 0 aliphatic carbocycles. The van der Waals surface area contributed by atoms with E-state index in [1.165, 1.54) is 7.11 Å². The summed E-state index contributed by atoms with van der Waals surface area (Å²) in [5.41, 5.74) is 0.537. The minimum atomic E-state index is -2.87. The van der Waals surface area contributed by atoms with Crippen molar-refractivity contribution in [3.8, 4) is 11.5 Å². The molecule has 0 aliphatic rings. The van der Waals surface area contributed by atoms with Gasteiger partial charge in [0.05, 0.1) is 7.11 Å². The molecule has 0 aliphatic heterocycles. The summed E-state index contributed by atoms with van der Waals surface area (Å²) in [4.78, 5) is 0. The summed E-state index contributed by atoms with van der Waals surface area (Å²) in [5, 5.41) is 3.22. The Balaban J connectivity index is 2.95. The maximum atomic E-state index is 12.4. The lowest BCUT2D eigenvalue weighted by molar-refractivity contribution is -0.0519. The van der Waals surface area contributed by atoms with E-state index in [2.05, 4.69) is 10.1 Å². The third-order valence-corrected chi connectivity index (χ3v) is 2.30. The van der Waals surface area contributed by atoms with E-state index < -0.39 is 6.61 Å². The van der Waals surface area contributed by atoms with Gasteiger partial charge in [-0.25, -0.2) is 0 Å². The molecule has 0 bridgehead atoms. The van der Waals surface area contributed by atoms with Gasteiger partial charge < -0.3 is 14.8 Å². The minimum Gasteiger partial charge on any atom is -0.493 e. The van der Waals surface area contributed by atoms with Crippen molar-refractivity contribution in [1.82, 2.24) is 5.32 Å². The van der Waals surface area contributed by atoms with Gasteiger partial charge in [-0.2, -0.15) is 8.78 Å². The summed E-state index contributed by atoms with van der Waals surface area (Å²) in [6.07, 6.45) is 0. The van der Waals surface area contributed by atoms with Crippen LogP contribution >= 0.6 is 0 Å². The Hall–Kier alpha value is -1.36. The zero-order valence-corrected chi connectivity index (χ0v) is 11.1. The van der Waals surface area contributed by atoms with Crippen molar-refractivity contribution in [2.45, 2.75) is 39.5 Å². The highest BCUT2D eigenvalue weighted by atomic mass is 19.3. The Bertz CT molecular complexity index is 389. The average molecular weight is 259 g/mol. The molecule has 0 aromatic heterocycles. The highest BCUT2D eigenvalue weighted by Gasteiger charge is 2.17. The van der Waals surface area contributed by atoms with Crippen LogP contribution in [0, 0.1) is 0 Å². The van der Waals surface area contributed by atoms with Crippen molar-refractivity contribution in [2.75, 3.05) is 7.11 Å². The van der Waals surface area contributed by atoms with E-state index in [-0.39, 0.29) is 11.3 Å². The molecule has 0 saturated carbocycles. The molecule has 102 valence electrons. The van der Waals surface area contributed by atoms with Gasteiger partial charge in [-0.05, 0) is 26.8 Å². The molecule has 1 rings (SSSR count). The lowest BCUT2D eigenvalue weighted by Gasteiger charge is -2.22. The van der Waals surface area contributed by atoms with Crippen LogP contribution in [0.1, 0.15) is 26.3 Å². The Labute approximate surface area is 106 Å². The summed E-state index contributed by atoms with van der Waals surface area (Å²) >= 11 is 0. The molecule has 1 aromatic carbocycles. The molecule has 1 aromatic rings. The second-order valence-corrected chi connectivity index (χ2v) is 4.93. The van der Waals surface area contributed by atoms with Crippen LogP contribution in [0.25, 0.3) is 0 Å². The molecule has 0 fully saturated rings. The molecule has 0 spiro atoms. The van der Waals surface area contributed by atoms with Gasteiger partial charge >= 0.3 is 6.61 Å². The van der Waals surface area contributed by atoms with E-state index >= 15 is 0 Å². The van der Waals surface area contributed by atoms with Gasteiger partial charge in [0, 0.05) is 17.6 Å². The molecule has 18 heavy (non-hydrogen) atoms. The van der Waals surface area contributed by atoms with E-state index in [0.29, 0.717) is 17.9 Å². The lowest BCUT2D eigenvalue weighted by atomic mass is 10.1. The van der Waals surface area contributed by atoms with Crippen LogP contribution in [0.15, 0.2) is 18.2 Å². The number of halogens is 2. The number of methoxy groups -OCH3 is 1. The fraction of sp³-hybridized carbons (Fsp3) is 0.538. The summed E-state index contributed by atoms with van der Waals surface area (Å²) in [7, 11) is 1.43.